The summed E-state index contributed by atoms with van der Waals surface area (Å²) in [6.45, 7) is 0.0148. The quantitative estimate of drug-likeness (QED) is 0.639. The Hall–Kier alpha value is -1.33. The predicted octanol–water partition coefficient (Wildman–Crippen LogP) is -0.499. The van der Waals surface area contributed by atoms with Crippen LogP contribution in [0.4, 0.5) is 0 Å². The summed E-state index contributed by atoms with van der Waals surface area (Å²) in [5.74, 6) is -0.454. The average Bonchev–Trinajstić information content (AvgIpc) is 2.60. The van der Waals surface area contributed by atoms with Gasteiger partial charge in [-0.1, -0.05) is 0 Å². The van der Waals surface area contributed by atoms with E-state index in [1.807, 2.05) is 0 Å². The van der Waals surface area contributed by atoms with Crippen LogP contribution in [0.1, 0.15) is 10.5 Å². The highest BCUT2D eigenvalue weighted by atomic mass is 16.5. The molecule has 1 rings (SSSR count). The summed E-state index contributed by atoms with van der Waals surface area (Å²) in [5.41, 5.74) is 5.61. The fourth-order valence-corrected chi connectivity index (χ4v) is 0.987. The maximum Gasteiger partial charge on any atom is 0.355 e. The molecule has 1 unspecified atom stereocenters. The van der Waals surface area contributed by atoms with Crippen molar-refractivity contribution in [3.63, 3.8) is 0 Å². The molecule has 0 aliphatic heterocycles. The first-order chi connectivity index (χ1) is 6.65. The van der Waals surface area contributed by atoms with Crippen molar-refractivity contribution in [2.45, 2.75) is 6.10 Å². The minimum atomic E-state index is -0.792. The number of ether oxygens (including phenoxy) is 1. The zero-order valence-electron chi connectivity index (χ0n) is 8.01. The normalized spacial score (nSPS) is 12.5. The second-order valence-electron chi connectivity index (χ2n) is 2.99. The lowest BCUT2D eigenvalue weighted by Gasteiger charge is -2.08. The van der Waals surface area contributed by atoms with Gasteiger partial charge in [-0.2, -0.15) is 0 Å². The first-order valence-electron chi connectivity index (χ1n) is 4.31. The van der Waals surface area contributed by atoms with Crippen molar-refractivity contribution in [1.82, 2.24) is 4.57 Å². The Morgan fingerprint density at radius 1 is 1.79 bits per heavy atom. The number of aliphatic hydroxyl groups excluding tert-OH is 1. The SMILES string of the molecule is Cn1cccc1C(=O)OCC(O)CN. The summed E-state index contributed by atoms with van der Waals surface area (Å²) in [6, 6.07) is 3.40. The molecule has 1 aromatic rings. The molecular formula is C9H14N2O3. The van der Waals surface area contributed by atoms with Crippen molar-refractivity contribution in [3.05, 3.63) is 24.0 Å². The molecule has 0 amide bonds. The van der Waals surface area contributed by atoms with Gasteiger partial charge >= 0.3 is 5.97 Å². The highest BCUT2D eigenvalue weighted by molar-refractivity contribution is 5.87. The van der Waals surface area contributed by atoms with Crippen LogP contribution in [0.15, 0.2) is 18.3 Å². The second kappa shape index (κ2) is 4.78. The number of carbonyl (C=O) groups is 1. The summed E-state index contributed by atoms with van der Waals surface area (Å²) < 4.78 is 6.48. The summed E-state index contributed by atoms with van der Waals surface area (Å²) in [5, 5.41) is 9.06. The first-order valence-corrected chi connectivity index (χ1v) is 4.31. The van der Waals surface area contributed by atoms with Crippen LogP contribution in [0, 0.1) is 0 Å². The molecule has 0 fully saturated rings. The van der Waals surface area contributed by atoms with E-state index in [1.54, 1.807) is 29.9 Å². The molecule has 78 valence electrons. The molecular weight excluding hydrogens is 184 g/mol. The lowest BCUT2D eigenvalue weighted by Crippen LogP contribution is -2.27. The van der Waals surface area contributed by atoms with Gasteiger partial charge in [0, 0.05) is 19.8 Å². The smallest absolute Gasteiger partial charge is 0.355 e. The average molecular weight is 198 g/mol. The van der Waals surface area contributed by atoms with Crippen molar-refractivity contribution in [3.8, 4) is 0 Å². The molecule has 0 bridgehead atoms. The van der Waals surface area contributed by atoms with Gasteiger partial charge < -0.3 is 20.1 Å². The van der Waals surface area contributed by atoms with E-state index in [-0.39, 0.29) is 13.2 Å². The minimum absolute atomic E-state index is 0.0689. The molecule has 1 heterocycles. The number of hydrogen-bond acceptors (Lipinski definition) is 4. The van der Waals surface area contributed by atoms with Gasteiger partial charge in [0.1, 0.15) is 18.4 Å². The number of aryl methyl sites for hydroxylation is 1. The summed E-state index contributed by atoms with van der Waals surface area (Å²) in [7, 11) is 1.75. The first kappa shape index (κ1) is 10.7. The molecule has 3 N–H and O–H groups in total. The van der Waals surface area contributed by atoms with Crippen molar-refractivity contribution >= 4 is 5.97 Å². The second-order valence-corrected chi connectivity index (χ2v) is 2.99. The molecule has 0 aromatic carbocycles. The number of rotatable bonds is 4. The molecule has 5 nitrogen and oxygen atoms in total. The Bertz CT molecular complexity index is 309. The largest absolute Gasteiger partial charge is 0.458 e. The predicted molar refractivity (Wildman–Crippen MR) is 50.8 cm³/mol. The van der Waals surface area contributed by atoms with Crippen LogP contribution in [-0.4, -0.2) is 34.9 Å². The third-order valence-electron chi connectivity index (χ3n) is 1.83. The number of nitrogens with zero attached hydrogens (tertiary/aromatic N) is 1. The van der Waals surface area contributed by atoms with Gasteiger partial charge in [0.2, 0.25) is 0 Å². The van der Waals surface area contributed by atoms with Gasteiger partial charge in [-0.15, -0.1) is 0 Å². The topological polar surface area (TPSA) is 77.5 Å². The molecule has 0 saturated carbocycles. The zero-order valence-corrected chi connectivity index (χ0v) is 8.01. The van der Waals surface area contributed by atoms with E-state index in [1.165, 1.54) is 0 Å². The van der Waals surface area contributed by atoms with Crippen LogP contribution < -0.4 is 5.73 Å². The summed E-state index contributed by atoms with van der Waals surface area (Å²) >= 11 is 0. The number of aromatic nitrogens is 1. The van der Waals surface area contributed by atoms with E-state index >= 15 is 0 Å². The number of hydrogen-bond donors (Lipinski definition) is 2. The summed E-state index contributed by atoms with van der Waals surface area (Å²) in [4.78, 5) is 11.4. The number of carbonyl (C=O) groups excluding carboxylic acids is 1. The van der Waals surface area contributed by atoms with Gasteiger partial charge in [0.15, 0.2) is 0 Å². The molecule has 5 heteroatoms. The van der Waals surface area contributed by atoms with Crippen LogP contribution >= 0.6 is 0 Å². The lowest BCUT2D eigenvalue weighted by atomic mass is 10.4. The van der Waals surface area contributed by atoms with Crippen molar-refractivity contribution in [2.75, 3.05) is 13.2 Å². The molecule has 0 saturated heterocycles. The molecule has 1 aromatic heterocycles. The minimum Gasteiger partial charge on any atom is -0.458 e. The van der Waals surface area contributed by atoms with Crippen LogP contribution in [0.2, 0.25) is 0 Å². The third kappa shape index (κ3) is 2.58. The van der Waals surface area contributed by atoms with Crippen LogP contribution in [0.3, 0.4) is 0 Å². The van der Waals surface area contributed by atoms with Crippen LogP contribution in [0.25, 0.3) is 0 Å². The molecule has 1 atom stereocenters. The molecule has 0 radical (unpaired) electrons. The van der Waals surface area contributed by atoms with Crippen molar-refractivity contribution in [2.24, 2.45) is 12.8 Å². The van der Waals surface area contributed by atoms with E-state index in [9.17, 15) is 4.79 Å². The Balaban J connectivity index is 2.47. The lowest BCUT2D eigenvalue weighted by molar-refractivity contribution is 0.0268. The molecule has 14 heavy (non-hydrogen) atoms. The van der Waals surface area contributed by atoms with E-state index < -0.39 is 12.1 Å². The van der Waals surface area contributed by atoms with Gasteiger partial charge in [-0.3, -0.25) is 0 Å². The van der Waals surface area contributed by atoms with E-state index in [2.05, 4.69) is 0 Å². The number of esters is 1. The Morgan fingerprint density at radius 3 is 3.00 bits per heavy atom. The van der Waals surface area contributed by atoms with Crippen molar-refractivity contribution in [1.29, 1.82) is 0 Å². The van der Waals surface area contributed by atoms with Gasteiger partial charge in [-0.25, -0.2) is 4.79 Å². The van der Waals surface area contributed by atoms with Gasteiger partial charge in [0.25, 0.3) is 0 Å². The fraction of sp³-hybridized carbons (Fsp3) is 0.444. The van der Waals surface area contributed by atoms with Crippen LogP contribution in [-0.2, 0) is 11.8 Å². The molecule has 0 spiro atoms. The van der Waals surface area contributed by atoms with E-state index in [0.29, 0.717) is 5.69 Å². The zero-order chi connectivity index (χ0) is 10.6. The summed E-state index contributed by atoms with van der Waals surface area (Å²) in [6.07, 6.45) is 0.954. The maximum absolute atomic E-state index is 11.4. The highest BCUT2D eigenvalue weighted by Crippen LogP contribution is 2.02. The standard InChI is InChI=1S/C9H14N2O3/c1-11-4-2-3-8(11)9(13)14-6-7(12)5-10/h2-4,7,12H,5-6,10H2,1H3. The third-order valence-corrected chi connectivity index (χ3v) is 1.83. The Kier molecular flexibility index (Phi) is 3.67. The molecule has 0 aliphatic rings. The maximum atomic E-state index is 11.4. The van der Waals surface area contributed by atoms with Crippen molar-refractivity contribution < 1.29 is 14.6 Å². The fourth-order valence-electron chi connectivity index (χ4n) is 0.987. The molecule has 0 aliphatic carbocycles. The number of aliphatic hydroxyl groups is 1. The van der Waals surface area contributed by atoms with E-state index in [0.717, 1.165) is 0 Å². The highest BCUT2D eigenvalue weighted by Gasteiger charge is 2.11. The monoisotopic (exact) mass is 198 g/mol. The van der Waals surface area contributed by atoms with Gasteiger partial charge in [-0.05, 0) is 12.1 Å². The number of nitrogens with two attached hydrogens (primary N) is 1. The van der Waals surface area contributed by atoms with Gasteiger partial charge in [0.05, 0.1) is 0 Å². The van der Waals surface area contributed by atoms with E-state index in [4.69, 9.17) is 15.6 Å². The van der Waals surface area contributed by atoms with Crippen LogP contribution in [0.5, 0.6) is 0 Å². The Morgan fingerprint density at radius 2 is 2.50 bits per heavy atom. The Labute approximate surface area is 82.1 Å².